The third-order valence-electron chi connectivity index (χ3n) is 5.74. The van der Waals surface area contributed by atoms with E-state index in [2.05, 4.69) is 17.5 Å². The summed E-state index contributed by atoms with van der Waals surface area (Å²) in [5, 5.41) is 3.87. The molecule has 1 amide bonds. The van der Waals surface area contributed by atoms with E-state index in [0.29, 0.717) is 18.1 Å². The van der Waals surface area contributed by atoms with E-state index in [1.165, 1.54) is 12.8 Å². The largest absolute Gasteiger partial charge is 0.444 e. The van der Waals surface area contributed by atoms with Gasteiger partial charge in [0.1, 0.15) is 5.60 Å². The Morgan fingerprint density at radius 3 is 2.52 bits per heavy atom. The van der Waals surface area contributed by atoms with Gasteiger partial charge in [0.15, 0.2) is 0 Å². The highest BCUT2D eigenvalue weighted by atomic mass is 16.6. The van der Waals surface area contributed by atoms with Crippen molar-refractivity contribution in [3.05, 3.63) is 12.2 Å². The van der Waals surface area contributed by atoms with Crippen LogP contribution in [0.15, 0.2) is 12.2 Å². The molecular formula is C19H32N2O2. The van der Waals surface area contributed by atoms with Crippen LogP contribution in [0.5, 0.6) is 0 Å². The lowest BCUT2D eigenvalue weighted by Crippen LogP contribution is -2.53. The summed E-state index contributed by atoms with van der Waals surface area (Å²) in [6, 6.07) is 1.64. The van der Waals surface area contributed by atoms with Crippen LogP contribution in [-0.4, -0.2) is 41.8 Å². The minimum absolute atomic E-state index is 0.188. The monoisotopic (exact) mass is 320 g/mol. The van der Waals surface area contributed by atoms with E-state index >= 15 is 0 Å². The molecule has 0 aromatic heterocycles. The number of carbonyl (C=O) groups is 1. The molecule has 3 rings (SSSR count). The summed E-state index contributed by atoms with van der Waals surface area (Å²) in [5.41, 5.74) is -0.417. The first kappa shape index (κ1) is 16.8. The Labute approximate surface area is 140 Å². The predicted molar refractivity (Wildman–Crippen MR) is 92.3 cm³/mol. The van der Waals surface area contributed by atoms with Crippen LogP contribution in [0.25, 0.3) is 0 Å². The zero-order chi connectivity index (χ0) is 16.6. The first-order valence-electron chi connectivity index (χ1n) is 9.22. The second-order valence-corrected chi connectivity index (χ2v) is 8.61. The number of hydrogen-bond donors (Lipinski definition) is 1. The predicted octanol–water partition coefficient (Wildman–Crippen LogP) is 3.72. The Kier molecular flexibility index (Phi) is 4.73. The third-order valence-corrected chi connectivity index (χ3v) is 5.74. The van der Waals surface area contributed by atoms with Crippen molar-refractivity contribution in [2.45, 2.75) is 83.0 Å². The lowest BCUT2D eigenvalue weighted by atomic mass is 9.70. The van der Waals surface area contributed by atoms with Crippen LogP contribution in [0.2, 0.25) is 0 Å². The quantitative estimate of drug-likeness (QED) is 0.806. The molecule has 130 valence electrons. The molecule has 3 aliphatic rings. The van der Waals surface area contributed by atoms with Gasteiger partial charge in [0.2, 0.25) is 0 Å². The zero-order valence-electron chi connectivity index (χ0n) is 15.0. The van der Waals surface area contributed by atoms with Crippen molar-refractivity contribution >= 4 is 6.09 Å². The van der Waals surface area contributed by atoms with Crippen LogP contribution < -0.4 is 5.32 Å². The number of hydrogen-bond acceptors (Lipinski definition) is 3. The lowest BCUT2D eigenvalue weighted by molar-refractivity contribution is 0.0172. The maximum atomic E-state index is 12.2. The van der Waals surface area contributed by atoms with Gasteiger partial charge in [-0.05, 0) is 71.1 Å². The second-order valence-electron chi connectivity index (χ2n) is 8.61. The molecule has 0 saturated heterocycles. The summed E-state index contributed by atoms with van der Waals surface area (Å²) in [6.45, 7) is 5.76. The molecule has 3 atom stereocenters. The van der Waals surface area contributed by atoms with Crippen LogP contribution in [-0.2, 0) is 4.74 Å². The maximum absolute atomic E-state index is 12.2. The number of amides is 1. The SMILES string of the molecule is CN(C(=O)OC(C)(C)C)C1CCC(NC2CC3CC=CC32)CC1. The van der Waals surface area contributed by atoms with Gasteiger partial charge in [0.05, 0.1) is 0 Å². The molecule has 0 bridgehead atoms. The summed E-state index contributed by atoms with van der Waals surface area (Å²) in [4.78, 5) is 14.0. The minimum atomic E-state index is -0.417. The van der Waals surface area contributed by atoms with E-state index in [4.69, 9.17) is 4.74 Å². The molecule has 0 radical (unpaired) electrons. The molecule has 3 unspecified atom stereocenters. The number of fused-ring (bicyclic) bond motifs is 1. The number of allylic oxidation sites excluding steroid dienone is 1. The molecule has 1 N–H and O–H groups in total. The summed E-state index contributed by atoms with van der Waals surface area (Å²) in [6.07, 6.45) is 11.7. The average molecular weight is 320 g/mol. The lowest BCUT2D eigenvalue weighted by Gasteiger charge is -2.44. The van der Waals surface area contributed by atoms with Crippen LogP contribution >= 0.6 is 0 Å². The second kappa shape index (κ2) is 6.46. The Bertz CT molecular complexity index is 460. The van der Waals surface area contributed by atoms with Gasteiger partial charge in [-0.3, -0.25) is 0 Å². The van der Waals surface area contributed by atoms with Crippen LogP contribution in [0.4, 0.5) is 4.79 Å². The molecular weight excluding hydrogens is 288 g/mol. The molecule has 0 spiro atoms. The standard InChI is InChI=1S/C19H32N2O2/c1-19(2,3)23-18(22)21(4)15-10-8-14(9-11-15)20-17-12-13-6-5-7-16(13)17/h5,7,13-17,20H,6,8-12H2,1-4H3. The average Bonchev–Trinajstić information content (AvgIpc) is 2.84. The van der Waals surface area contributed by atoms with E-state index in [1.807, 2.05) is 27.8 Å². The van der Waals surface area contributed by atoms with Gasteiger partial charge in [-0.1, -0.05) is 12.2 Å². The van der Waals surface area contributed by atoms with E-state index in [0.717, 1.165) is 37.5 Å². The van der Waals surface area contributed by atoms with Crippen molar-refractivity contribution in [1.29, 1.82) is 0 Å². The van der Waals surface area contributed by atoms with Crippen LogP contribution in [0.1, 0.15) is 59.3 Å². The van der Waals surface area contributed by atoms with E-state index in [1.54, 1.807) is 4.90 Å². The van der Waals surface area contributed by atoms with Gasteiger partial charge in [0.25, 0.3) is 0 Å². The number of rotatable bonds is 3. The van der Waals surface area contributed by atoms with Crippen molar-refractivity contribution in [3.63, 3.8) is 0 Å². The minimum Gasteiger partial charge on any atom is -0.444 e. The van der Waals surface area contributed by atoms with Gasteiger partial charge < -0.3 is 15.0 Å². The fraction of sp³-hybridized carbons (Fsp3) is 0.842. The van der Waals surface area contributed by atoms with E-state index in [-0.39, 0.29) is 6.09 Å². The van der Waals surface area contributed by atoms with Crippen molar-refractivity contribution < 1.29 is 9.53 Å². The Morgan fingerprint density at radius 1 is 1.22 bits per heavy atom. The molecule has 0 heterocycles. The van der Waals surface area contributed by atoms with Crippen LogP contribution in [0.3, 0.4) is 0 Å². The van der Waals surface area contributed by atoms with Crippen molar-refractivity contribution in [2.24, 2.45) is 11.8 Å². The van der Waals surface area contributed by atoms with Crippen LogP contribution in [0, 0.1) is 11.8 Å². The summed E-state index contributed by atoms with van der Waals surface area (Å²) in [5.74, 6) is 1.71. The van der Waals surface area contributed by atoms with Crippen molar-refractivity contribution in [3.8, 4) is 0 Å². The maximum Gasteiger partial charge on any atom is 0.410 e. The van der Waals surface area contributed by atoms with Crippen molar-refractivity contribution in [1.82, 2.24) is 10.2 Å². The summed E-state index contributed by atoms with van der Waals surface area (Å²) < 4.78 is 5.48. The number of carbonyl (C=O) groups excluding carboxylic acids is 1. The molecule has 2 saturated carbocycles. The number of ether oxygens (including phenoxy) is 1. The van der Waals surface area contributed by atoms with Crippen molar-refractivity contribution in [2.75, 3.05) is 7.05 Å². The topological polar surface area (TPSA) is 41.6 Å². The normalized spacial score (nSPS) is 36.3. The molecule has 2 fully saturated rings. The fourth-order valence-electron chi connectivity index (χ4n) is 4.32. The first-order chi connectivity index (χ1) is 10.8. The Hall–Kier alpha value is -1.03. The molecule has 4 nitrogen and oxygen atoms in total. The van der Waals surface area contributed by atoms with E-state index in [9.17, 15) is 4.79 Å². The third kappa shape index (κ3) is 3.90. The molecule has 4 heteroatoms. The highest BCUT2D eigenvalue weighted by Gasteiger charge is 2.42. The molecule has 0 aromatic carbocycles. The van der Waals surface area contributed by atoms with E-state index < -0.39 is 5.60 Å². The molecule has 0 aromatic rings. The number of nitrogens with one attached hydrogen (secondary N) is 1. The van der Waals surface area contributed by atoms with Gasteiger partial charge in [-0.2, -0.15) is 0 Å². The van der Waals surface area contributed by atoms with Gasteiger partial charge in [0, 0.05) is 25.2 Å². The van der Waals surface area contributed by atoms with Gasteiger partial charge in [-0.15, -0.1) is 0 Å². The summed E-state index contributed by atoms with van der Waals surface area (Å²) >= 11 is 0. The Morgan fingerprint density at radius 2 is 1.91 bits per heavy atom. The number of nitrogens with zero attached hydrogens (tertiary/aromatic N) is 1. The van der Waals surface area contributed by atoms with Gasteiger partial charge >= 0.3 is 6.09 Å². The molecule has 0 aliphatic heterocycles. The molecule has 3 aliphatic carbocycles. The first-order valence-corrected chi connectivity index (χ1v) is 9.22. The highest BCUT2D eigenvalue weighted by molar-refractivity contribution is 5.68. The summed E-state index contributed by atoms with van der Waals surface area (Å²) in [7, 11) is 1.88. The Balaban J connectivity index is 1.41. The smallest absolute Gasteiger partial charge is 0.410 e. The highest BCUT2D eigenvalue weighted by Crippen LogP contribution is 2.43. The molecule has 23 heavy (non-hydrogen) atoms. The zero-order valence-corrected chi connectivity index (χ0v) is 15.0. The van der Waals surface area contributed by atoms with Gasteiger partial charge in [-0.25, -0.2) is 4.79 Å². The fourth-order valence-corrected chi connectivity index (χ4v) is 4.32.